The zero-order chi connectivity index (χ0) is 19.3. The molecule has 1 saturated heterocycles. The Morgan fingerprint density at radius 2 is 2.47 bits per heavy atom. The second kappa shape index (κ2) is 5.14. The first kappa shape index (κ1) is 3.75. The zero-order valence-electron chi connectivity index (χ0n) is 17.7. The molecule has 1 unspecified atom stereocenters. The van der Waals surface area contributed by atoms with E-state index in [0.717, 1.165) is 0 Å². The van der Waals surface area contributed by atoms with Crippen LogP contribution in [-0.4, -0.2) is 32.8 Å². The molecule has 1 heterocycles. The van der Waals surface area contributed by atoms with Crippen molar-refractivity contribution < 1.29 is 27.9 Å². The summed E-state index contributed by atoms with van der Waals surface area (Å²) in [5.74, 6) is -0.0241. The van der Waals surface area contributed by atoms with Crippen LogP contribution in [0.5, 0.6) is 5.75 Å². The fourth-order valence-corrected chi connectivity index (χ4v) is 0.967. The van der Waals surface area contributed by atoms with E-state index in [9.17, 15) is 0 Å². The molecule has 1 fully saturated rings. The van der Waals surface area contributed by atoms with Gasteiger partial charge in [-0.05, 0) is 24.1 Å². The Bertz CT molecular complexity index is 627. The van der Waals surface area contributed by atoms with Crippen LogP contribution in [0.1, 0.15) is 19.3 Å². The SMILES string of the molecule is [2H]C([2H])([2H])OC([2H])([2H])Cc1ccc(OC([2H])([2H])C2([2H])OC2([2H])[2H])cc1. The summed E-state index contributed by atoms with van der Waals surface area (Å²) in [6.07, 6.45) is -2.84. The predicted molar refractivity (Wildman–Crippen MR) is 57.3 cm³/mol. The van der Waals surface area contributed by atoms with Crippen LogP contribution in [0, 0.1) is 0 Å². The summed E-state index contributed by atoms with van der Waals surface area (Å²) < 4.78 is 87.2. The highest BCUT2D eigenvalue weighted by Gasteiger charge is 2.22. The lowest BCUT2D eigenvalue weighted by Gasteiger charge is -2.05. The van der Waals surface area contributed by atoms with Crippen LogP contribution < -0.4 is 4.74 Å². The van der Waals surface area contributed by atoms with Crippen LogP contribution >= 0.6 is 0 Å². The Balaban J connectivity index is 2.03. The van der Waals surface area contributed by atoms with Crippen molar-refractivity contribution in [2.75, 3.05) is 26.7 Å². The highest BCUT2D eigenvalue weighted by molar-refractivity contribution is 5.27. The zero-order valence-corrected chi connectivity index (χ0v) is 7.74. The summed E-state index contributed by atoms with van der Waals surface area (Å²) in [6.45, 7) is -7.64. The normalized spacial score (nSPS) is 39.7. The van der Waals surface area contributed by atoms with Gasteiger partial charge in [0, 0.05) is 7.04 Å². The summed E-state index contributed by atoms with van der Waals surface area (Å²) in [6, 6.07) is 5.34. The Hall–Kier alpha value is -1.06. The first-order valence-electron chi connectivity index (χ1n) is 9.25. The molecule has 0 spiro atoms. The second-order valence-electron chi connectivity index (χ2n) is 2.80. The van der Waals surface area contributed by atoms with Crippen molar-refractivity contribution in [1.29, 1.82) is 0 Å². The third-order valence-electron chi connectivity index (χ3n) is 1.74. The molecule has 1 aromatic rings. The van der Waals surface area contributed by atoms with E-state index in [1.807, 2.05) is 0 Å². The van der Waals surface area contributed by atoms with Gasteiger partial charge in [0.1, 0.15) is 18.4 Å². The van der Waals surface area contributed by atoms with Crippen molar-refractivity contribution in [3.05, 3.63) is 29.8 Å². The molecule has 0 saturated carbocycles. The number of ether oxygens (including phenoxy) is 3. The number of benzene rings is 1. The molecule has 1 atom stereocenters. The monoisotopic (exact) mass is 218 g/mol. The molecule has 0 N–H and O–H groups in total. The lowest BCUT2D eigenvalue weighted by atomic mass is 10.1. The predicted octanol–water partition coefficient (Wildman–Crippen LogP) is 1.65. The van der Waals surface area contributed by atoms with Gasteiger partial charge in [0.05, 0.1) is 26.8 Å². The molecule has 15 heavy (non-hydrogen) atoms. The van der Waals surface area contributed by atoms with Crippen molar-refractivity contribution in [3.8, 4) is 5.75 Å². The maximum absolute atomic E-state index is 7.68. The van der Waals surface area contributed by atoms with Gasteiger partial charge in [-0.2, -0.15) is 0 Å². The lowest BCUT2D eigenvalue weighted by molar-refractivity contribution is 0.202. The van der Waals surface area contributed by atoms with Crippen LogP contribution in [0.4, 0.5) is 0 Å². The average Bonchev–Trinajstić information content (AvgIpc) is 2.89. The highest BCUT2D eigenvalue weighted by Crippen LogP contribution is 2.15. The number of methoxy groups -OCH3 is 1. The Morgan fingerprint density at radius 1 is 1.67 bits per heavy atom. The molecule has 0 aliphatic carbocycles. The van der Waals surface area contributed by atoms with Crippen LogP contribution in [0.25, 0.3) is 0 Å². The largest absolute Gasteiger partial charge is 0.491 e. The van der Waals surface area contributed by atoms with Crippen molar-refractivity contribution in [3.63, 3.8) is 0 Å². The highest BCUT2D eigenvalue weighted by atomic mass is 16.6. The van der Waals surface area contributed by atoms with Crippen LogP contribution in [0.3, 0.4) is 0 Å². The van der Waals surface area contributed by atoms with Crippen LogP contribution in [0.15, 0.2) is 24.3 Å². The van der Waals surface area contributed by atoms with Gasteiger partial charge in [0.15, 0.2) is 0 Å². The summed E-state index contributed by atoms with van der Waals surface area (Å²) >= 11 is 0. The third-order valence-corrected chi connectivity index (χ3v) is 1.74. The number of epoxide rings is 1. The van der Waals surface area contributed by atoms with Gasteiger partial charge in [-0.25, -0.2) is 0 Å². The van der Waals surface area contributed by atoms with Gasteiger partial charge < -0.3 is 14.2 Å². The van der Waals surface area contributed by atoms with Gasteiger partial charge in [0.25, 0.3) is 0 Å². The molecule has 1 aliphatic heterocycles. The maximum atomic E-state index is 7.68. The number of hydrogen-bond acceptors (Lipinski definition) is 3. The fourth-order valence-electron chi connectivity index (χ4n) is 0.967. The van der Waals surface area contributed by atoms with E-state index < -0.39 is 32.8 Å². The molecule has 0 amide bonds. The minimum Gasteiger partial charge on any atom is -0.491 e. The minimum atomic E-state index is -2.88. The van der Waals surface area contributed by atoms with Crippen molar-refractivity contribution in [2.45, 2.75) is 12.5 Å². The fraction of sp³-hybridized carbons (Fsp3) is 0.500. The second-order valence-corrected chi connectivity index (χ2v) is 2.80. The Morgan fingerprint density at radius 3 is 3.13 bits per heavy atom. The smallest absolute Gasteiger partial charge is 0.119 e. The van der Waals surface area contributed by atoms with E-state index in [2.05, 4.69) is 9.47 Å². The van der Waals surface area contributed by atoms with E-state index in [1.54, 1.807) is 0 Å². The van der Waals surface area contributed by atoms with Gasteiger partial charge in [-0.15, -0.1) is 0 Å². The van der Waals surface area contributed by atoms with E-state index in [-0.39, 0.29) is 12.2 Å². The topological polar surface area (TPSA) is 31.0 Å². The first-order chi connectivity index (χ1) is 11.1. The van der Waals surface area contributed by atoms with E-state index >= 15 is 0 Å². The number of hydrogen-bond donors (Lipinski definition) is 0. The van der Waals surface area contributed by atoms with E-state index in [4.69, 9.17) is 18.4 Å². The van der Waals surface area contributed by atoms with Crippen LogP contribution in [-0.2, 0) is 15.9 Å². The van der Waals surface area contributed by atoms with Crippen molar-refractivity contribution in [2.24, 2.45) is 0 Å². The molecule has 0 aromatic heterocycles. The quantitative estimate of drug-likeness (QED) is 0.680. The van der Waals surface area contributed by atoms with Crippen LogP contribution in [0.2, 0.25) is 0 Å². The third kappa shape index (κ3) is 3.53. The molecule has 82 valence electrons. The summed E-state index contributed by atoms with van der Waals surface area (Å²) in [5, 5.41) is 0. The first-order valence-corrected chi connectivity index (χ1v) is 4.25. The number of aryl methyl sites for hydroxylation is 1. The average molecular weight is 218 g/mol. The minimum absolute atomic E-state index is 0.0241. The number of rotatable bonds is 6. The lowest BCUT2D eigenvalue weighted by Crippen LogP contribution is -2.04. The van der Waals surface area contributed by atoms with Crippen molar-refractivity contribution in [1.82, 2.24) is 0 Å². The Labute approximate surface area is 104 Å². The van der Waals surface area contributed by atoms with Gasteiger partial charge in [-0.1, -0.05) is 12.1 Å². The van der Waals surface area contributed by atoms with Gasteiger partial charge in [0.2, 0.25) is 0 Å². The molecule has 3 heteroatoms. The van der Waals surface area contributed by atoms with Crippen molar-refractivity contribution >= 4 is 0 Å². The maximum Gasteiger partial charge on any atom is 0.119 e. The molecule has 3 nitrogen and oxygen atoms in total. The molecule has 1 aromatic carbocycles. The molecule has 2 rings (SSSR count). The van der Waals surface area contributed by atoms with Gasteiger partial charge in [-0.3, -0.25) is 0 Å². The molecule has 1 aliphatic rings. The molecular formula is C12H16O3. The van der Waals surface area contributed by atoms with Gasteiger partial charge >= 0.3 is 0 Å². The van der Waals surface area contributed by atoms with E-state index in [0.29, 0.717) is 5.56 Å². The molecule has 0 radical (unpaired) electrons. The standard InChI is InChI=1S/C12H16O3/c1-13-7-6-10-2-4-11(5-3-10)14-8-12-9-15-12/h2-5,12H,6-9H2,1H3/i1D3,7D2,8D2,9D2,12D. The Kier molecular flexibility index (Phi) is 1.29. The summed E-state index contributed by atoms with van der Waals surface area (Å²) in [4.78, 5) is 0. The summed E-state index contributed by atoms with van der Waals surface area (Å²) in [7, 11) is -2.88. The summed E-state index contributed by atoms with van der Waals surface area (Å²) in [5.41, 5.74) is 0.376. The molecule has 0 bridgehead atoms. The molecular weight excluding hydrogens is 192 g/mol. The van der Waals surface area contributed by atoms with E-state index in [1.165, 1.54) is 24.3 Å².